The Kier molecular flexibility index (Phi) is 3.01. The fourth-order valence-corrected chi connectivity index (χ4v) is 2.68. The Morgan fingerprint density at radius 1 is 1.32 bits per heavy atom. The van der Waals surface area contributed by atoms with Gasteiger partial charge in [0, 0.05) is 28.9 Å². The summed E-state index contributed by atoms with van der Waals surface area (Å²) < 4.78 is 0. The van der Waals surface area contributed by atoms with Gasteiger partial charge in [0.05, 0.1) is 5.69 Å². The normalized spacial score (nSPS) is 10.6. The van der Waals surface area contributed by atoms with Gasteiger partial charge in [0.15, 0.2) is 0 Å². The molecule has 2 aromatic heterocycles. The molecule has 0 bridgehead atoms. The zero-order chi connectivity index (χ0) is 13.2. The molecule has 4 heteroatoms. The number of rotatable bonds is 3. The number of aryl methyl sites for hydroxylation is 1. The number of carbonyl (C=O) groups is 1. The summed E-state index contributed by atoms with van der Waals surface area (Å²) in [5.41, 5.74) is 3.25. The highest BCUT2D eigenvalue weighted by Crippen LogP contribution is 2.28. The summed E-state index contributed by atoms with van der Waals surface area (Å²) in [6.45, 7) is 1.98. The number of hydrogen-bond acceptors (Lipinski definition) is 3. The third-order valence-corrected chi connectivity index (χ3v) is 3.73. The molecule has 94 valence electrons. The molecule has 0 aliphatic heterocycles. The van der Waals surface area contributed by atoms with E-state index in [0.29, 0.717) is 11.3 Å². The molecule has 0 saturated heterocycles. The Morgan fingerprint density at radius 2 is 2.21 bits per heavy atom. The Labute approximate surface area is 115 Å². The number of H-pyrrole nitrogens is 1. The van der Waals surface area contributed by atoms with Crippen molar-refractivity contribution < 1.29 is 4.79 Å². The molecule has 0 atom stereocenters. The summed E-state index contributed by atoms with van der Waals surface area (Å²) in [5, 5.41) is 2.79. The molecule has 0 aliphatic rings. The molecule has 0 saturated carbocycles. The lowest BCUT2D eigenvalue weighted by Crippen LogP contribution is -2.04. The summed E-state index contributed by atoms with van der Waals surface area (Å²) in [5.74, 6) is -0.00102. The van der Waals surface area contributed by atoms with Gasteiger partial charge in [0.1, 0.15) is 5.01 Å². The summed E-state index contributed by atoms with van der Waals surface area (Å²) in [4.78, 5) is 19.8. The number of nitrogens with zero attached hydrogens (tertiary/aromatic N) is 1. The Balaban J connectivity index is 2.14. The van der Waals surface area contributed by atoms with Gasteiger partial charge in [-0.05, 0) is 25.1 Å². The highest BCUT2D eigenvalue weighted by Gasteiger charge is 2.16. The minimum Gasteiger partial charge on any atom is -0.359 e. The first-order valence-electron chi connectivity index (χ1n) is 5.94. The molecule has 0 radical (unpaired) electrons. The predicted molar refractivity (Wildman–Crippen MR) is 76.5 cm³/mol. The van der Waals surface area contributed by atoms with E-state index in [1.807, 2.05) is 36.6 Å². The molecule has 3 rings (SSSR count). The standard InChI is InChI=1S/C15H12N2OS/c1-10-4-5-11(15-17-7-8-19-15)12(9-10)14(18)13-3-2-6-16-13/h2-9,16H,1H3. The Hall–Kier alpha value is -2.20. The number of nitrogens with one attached hydrogen (secondary N) is 1. The van der Waals surface area contributed by atoms with Gasteiger partial charge in [-0.2, -0.15) is 0 Å². The average molecular weight is 268 g/mol. The topological polar surface area (TPSA) is 45.8 Å². The monoisotopic (exact) mass is 268 g/mol. The van der Waals surface area contributed by atoms with E-state index in [2.05, 4.69) is 9.97 Å². The number of hydrogen-bond donors (Lipinski definition) is 1. The van der Waals surface area contributed by atoms with Gasteiger partial charge >= 0.3 is 0 Å². The van der Waals surface area contributed by atoms with Crippen molar-refractivity contribution in [3.8, 4) is 10.6 Å². The van der Waals surface area contributed by atoms with E-state index in [4.69, 9.17) is 0 Å². The molecule has 0 fully saturated rings. The Bertz CT molecular complexity index is 700. The first-order valence-corrected chi connectivity index (χ1v) is 6.82. The number of thiazole rings is 1. The molecule has 0 aliphatic carbocycles. The fraction of sp³-hybridized carbons (Fsp3) is 0.0667. The van der Waals surface area contributed by atoms with Gasteiger partial charge in [0.25, 0.3) is 0 Å². The summed E-state index contributed by atoms with van der Waals surface area (Å²) in [6, 6.07) is 9.49. The van der Waals surface area contributed by atoms with Crippen LogP contribution in [0, 0.1) is 6.92 Å². The lowest BCUT2D eigenvalue weighted by Gasteiger charge is -2.07. The van der Waals surface area contributed by atoms with Crippen molar-refractivity contribution in [2.75, 3.05) is 0 Å². The summed E-state index contributed by atoms with van der Waals surface area (Å²) >= 11 is 1.54. The van der Waals surface area contributed by atoms with Crippen LogP contribution in [0.4, 0.5) is 0 Å². The quantitative estimate of drug-likeness (QED) is 0.736. The Morgan fingerprint density at radius 3 is 2.89 bits per heavy atom. The third-order valence-electron chi connectivity index (χ3n) is 2.93. The highest BCUT2D eigenvalue weighted by molar-refractivity contribution is 7.13. The van der Waals surface area contributed by atoms with Gasteiger partial charge in [-0.15, -0.1) is 11.3 Å². The van der Waals surface area contributed by atoms with E-state index in [-0.39, 0.29) is 5.78 Å². The lowest BCUT2D eigenvalue weighted by molar-refractivity contribution is 0.103. The van der Waals surface area contributed by atoms with Crippen molar-refractivity contribution in [2.45, 2.75) is 6.92 Å². The second kappa shape index (κ2) is 4.82. The van der Waals surface area contributed by atoms with Crippen LogP contribution >= 0.6 is 11.3 Å². The van der Waals surface area contributed by atoms with Crippen LogP contribution in [0.25, 0.3) is 10.6 Å². The molecule has 3 aromatic rings. The summed E-state index contributed by atoms with van der Waals surface area (Å²) in [7, 11) is 0. The van der Waals surface area contributed by atoms with Crippen LogP contribution in [0.3, 0.4) is 0 Å². The second-order valence-corrected chi connectivity index (χ2v) is 5.19. The van der Waals surface area contributed by atoms with Gasteiger partial charge in [-0.1, -0.05) is 17.7 Å². The van der Waals surface area contributed by atoms with Gasteiger partial charge in [0.2, 0.25) is 5.78 Å². The van der Waals surface area contributed by atoms with Crippen LogP contribution in [0.15, 0.2) is 48.1 Å². The lowest BCUT2D eigenvalue weighted by atomic mass is 9.99. The van der Waals surface area contributed by atoms with Crippen LogP contribution < -0.4 is 0 Å². The van der Waals surface area contributed by atoms with Crippen LogP contribution in [0.1, 0.15) is 21.6 Å². The van der Waals surface area contributed by atoms with Crippen LogP contribution in [-0.4, -0.2) is 15.8 Å². The molecular formula is C15H12N2OS. The van der Waals surface area contributed by atoms with Crippen LogP contribution in [0.2, 0.25) is 0 Å². The highest BCUT2D eigenvalue weighted by atomic mass is 32.1. The average Bonchev–Trinajstić information content (AvgIpc) is 3.11. The smallest absolute Gasteiger partial charge is 0.209 e. The molecule has 1 aromatic carbocycles. The molecule has 2 heterocycles. The molecule has 3 nitrogen and oxygen atoms in total. The maximum Gasteiger partial charge on any atom is 0.209 e. The SMILES string of the molecule is Cc1ccc(-c2nccs2)c(C(=O)c2ccc[nH]2)c1. The molecule has 1 N–H and O–H groups in total. The van der Waals surface area contributed by atoms with Gasteiger partial charge in [-0.3, -0.25) is 4.79 Å². The van der Waals surface area contributed by atoms with E-state index >= 15 is 0 Å². The maximum absolute atomic E-state index is 12.5. The van der Waals surface area contributed by atoms with Crippen molar-refractivity contribution in [1.82, 2.24) is 9.97 Å². The van der Waals surface area contributed by atoms with Gasteiger partial charge in [-0.25, -0.2) is 4.98 Å². The molecular weight excluding hydrogens is 256 g/mol. The second-order valence-electron chi connectivity index (χ2n) is 4.30. The van der Waals surface area contributed by atoms with Crippen molar-refractivity contribution in [3.63, 3.8) is 0 Å². The summed E-state index contributed by atoms with van der Waals surface area (Å²) in [6.07, 6.45) is 3.51. The minimum atomic E-state index is -0.00102. The number of aromatic amines is 1. The largest absolute Gasteiger partial charge is 0.359 e. The van der Waals surface area contributed by atoms with Crippen LogP contribution in [-0.2, 0) is 0 Å². The predicted octanol–water partition coefficient (Wildman–Crippen LogP) is 3.68. The van der Waals surface area contributed by atoms with E-state index in [0.717, 1.165) is 16.1 Å². The minimum absolute atomic E-state index is 0.00102. The molecule has 0 spiro atoms. The fourth-order valence-electron chi connectivity index (χ4n) is 2.01. The first kappa shape index (κ1) is 11.9. The van der Waals surface area contributed by atoms with E-state index < -0.39 is 0 Å². The molecule has 0 unspecified atom stereocenters. The first-order chi connectivity index (χ1) is 9.25. The van der Waals surface area contributed by atoms with E-state index in [9.17, 15) is 4.79 Å². The number of benzene rings is 1. The zero-order valence-electron chi connectivity index (χ0n) is 10.4. The number of ketones is 1. The van der Waals surface area contributed by atoms with Crippen molar-refractivity contribution in [2.24, 2.45) is 0 Å². The van der Waals surface area contributed by atoms with Crippen molar-refractivity contribution in [3.05, 3.63) is 64.9 Å². The maximum atomic E-state index is 12.5. The van der Waals surface area contributed by atoms with Gasteiger partial charge < -0.3 is 4.98 Å². The number of aromatic nitrogens is 2. The molecule has 0 amide bonds. The van der Waals surface area contributed by atoms with E-state index in [1.165, 1.54) is 11.3 Å². The third kappa shape index (κ3) is 2.22. The van der Waals surface area contributed by atoms with Crippen LogP contribution in [0.5, 0.6) is 0 Å². The van der Waals surface area contributed by atoms with Crippen molar-refractivity contribution >= 4 is 17.1 Å². The van der Waals surface area contributed by atoms with Crippen molar-refractivity contribution in [1.29, 1.82) is 0 Å². The van der Waals surface area contributed by atoms with E-state index in [1.54, 1.807) is 18.5 Å². The molecule has 19 heavy (non-hydrogen) atoms. The number of carbonyl (C=O) groups excluding carboxylic acids is 1. The zero-order valence-corrected chi connectivity index (χ0v) is 11.2.